The summed E-state index contributed by atoms with van der Waals surface area (Å²) in [7, 11) is -3.86. The lowest BCUT2D eigenvalue weighted by atomic mass is 10.2. The van der Waals surface area contributed by atoms with E-state index in [4.69, 9.17) is 4.28 Å². The van der Waals surface area contributed by atoms with Crippen LogP contribution in [0.4, 0.5) is 0 Å². The lowest BCUT2D eigenvalue weighted by Crippen LogP contribution is -2.45. The van der Waals surface area contributed by atoms with Crippen LogP contribution >= 0.6 is 0 Å². The van der Waals surface area contributed by atoms with E-state index in [9.17, 15) is 8.42 Å². The molecule has 0 radical (unpaired) electrons. The van der Waals surface area contributed by atoms with Gasteiger partial charge in [-0.05, 0) is 31.2 Å². The molecule has 21 heavy (non-hydrogen) atoms. The van der Waals surface area contributed by atoms with Crippen LogP contribution in [0.25, 0.3) is 10.9 Å². The maximum atomic E-state index is 12.3. The zero-order chi connectivity index (χ0) is 14.9. The molecule has 0 fully saturated rings. The number of rotatable bonds is 3. The molecule has 0 unspecified atom stereocenters. The summed E-state index contributed by atoms with van der Waals surface area (Å²) in [5, 5.41) is 0.902. The van der Waals surface area contributed by atoms with Crippen LogP contribution in [-0.2, 0) is 10.1 Å². The first kappa shape index (κ1) is 13.6. The number of pyridine rings is 1. The molecule has 0 aliphatic rings. The van der Waals surface area contributed by atoms with Crippen LogP contribution in [0.15, 0.2) is 71.8 Å². The number of nitrogens with zero attached hydrogens (tertiary/aromatic N) is 1. The number of hydrogen-bond acceptors (Lipinski definition) is 3. The van der Waals surface area contributed by atoms with E-state index in [0.717, 1.165) is 10.9 Å². The lowest BCUT2D eigenvalue weighted by molar-refractivity contribution is -0.835. The van der Waals surface area contributed by atoms with E-state index >= 15 is 0 Å². The third-order valence-corrected chi connectivity index (χ3v) is 4.37. The van der Waals surface area contributed by atoms with E-state index in [-0.39, 0.29) is 4.90 Å². The highest BCUT2D eigenvalue weighted by molar-refractivity contribution is 7.86. The van der Waals surface area contributed by atoms with Gasteiger partial charge in [0.05, 0.1) is 5.39 Å². The summed E-state index contributed by atoms with van der Waals surface area (Å²) in [6.45, 7) is 1.90. The monoisotopic (exact) mass is 300 g/mol. The normalized spacial score (nSPS) is 11.5. The third-order valence-electron chi connectivity index (χ3n) is 3.16. The van der Waals surface area contributed by atoms with E-state index in [0.29, 0.717) is 5.52 Å². The van der Waals surface area contributed by atoms with Crippen molar-refractivity contribution in [2.75, 3.05) is 0 Å². The van der Waals surface area contributed by atoms with Gasteiger partial charge in [0.2, 0.25) is 6.20 Å². The van der Waals surface area contributed by atoms with Crippen molar-refractivity contribution in [3.05, 3.63) is 72.4 Å². The Morgan fingerprint density at radius 3 is 2.33 bits per heavy atom. The van der Waals surface area contributed by atoms with E-state index in [1.165, 1.54) is 16.9 Å². The van der Waals surface area contributed by atoms with Gasteiger partial charge < -0.3 is 0 Å². The van der Waals surface area contributed by atoms with Crippen molar-refractivity contribution < 1.29 is 17.4 Å². The molecule has 0 aliphatic carbocycles. The highest BCUT2D eigenvalue weighted by atomic mass is 32.2. The molecule has 106 valence electrons. The fourth-order valence-corrected chi connectivity index (χ4v) is 2.95. The van der Waals surface area contributed by atoms with Crippen molar-refractivity contribution in [3.63, 3.8) is 0 Å². The summed E-state index contributed by atoms with van der Waals surface area (Å²) < 4.78 is 31.1. The van der Waals surface area contributed by atoms with Crippen LogP contribution in [0.5, 0.6) is 0 Å². The van der Waals surface area contributed by atoms with Crippen molar-refractivity contribution in [3.8, 4) is 0 Å². The Hall–Kier alpha value is -2.40. The number of aromatic nitrogens is 1. The second-order valence-corrected chi connectivity index (χ2v) is 6.26. The largest absolute Gasteiger partial charge is 0.396 e. The Labute approximate surface area is 123 Å². The quantitative estimate of drug-likeness (QED) is 0.697. The maximum Gasteiger partial charge on any atom is 0.396 e. The minimum absolute atomic E-state index is 0.133. The molecule has 0 aliphatic heterocycles. The standard InChI is InChI=1S/C16H14NO3S/c1-13-8-10-15(11-9-13)21(18,19)20-17-12-4-6-14-5-2-3-7-16(14)17/h2-12H,1H3/q+1. The molecule has 0 spiro atoms. The average Bonchev–Trinajstić information content (AvgIpc) is 2.48. The van der Waals surface area contributed by atoms with E-state index in [1.54, 1.807) is 30.5 Å². The third kappa shape index (κ3) is 2.73. The van der Waals surface area contributed by atoms with Crippen LogP contribution in [-0.4, -0.2) is 8.42 Å². The van der Waals surface area contributed by atoms with Gasteiger partial charge in [0.1, 0.15) is 4.90 Å². The number of fused-ring (bicyclic) bond motifs is 1. The van der Waals surface area contributed by atoms with Gasteiger partial charge in [-0.3, -0.25) is 0 Å². The second kappa shape index (κ2) is 5.18. The minimum Gasteiger partial charge on any atom is -0.176 e. The molecular weight excluding hydrogens is 286 g/mol. The molecule has 1 heterocycles. The van der Waals surface area contributed by atoms with Crippen molar-refractivity contribution in [2.24, 2.45) is 0 Å². The molecule has 0 N–H and O–H groups in total. The summed E-state index contributed by atoms with van der Waals surface area (Å²) >= 11 is 0. The van der Waals surface area contributed by atoms with Gasteiger partial charge in [-0.1, -0.05) is 29.8 Å². The first-order valence-electron chi connectivity index (χ1n) is 6.47. The highest BCUT2D eigenvalue weighted by Gasteiger charge is 2.23. The lowest BCUT2D eigenvalue weighted by Gasteiger charge is -2.02. The first-order chi connectivity index (χ1) is 10.1. The Morgan fingerprint density at radius 2 is 1.57 bits per heavy atom. The molecule has 0 saturated heterocycles. The summed E-state index contributed by atoms with van der Waals surface area (Å²) in [5.74, 6) is 0. The molecule has 4 nitrogen and oxygen atoms in total. The zero-order valence-corrected chi connectivity index (χ0v) is 12.2. The van der Waals surface area contributed by atoms with E-state index in [2.05, 4.69) is 0 Å². The van der Waals surface area contributed by atoms with E-state index < -0.39 is 10.1 Å². The predicted molar refractivity (Wildman–Crippen MR) is 79.1 cm³/mol. The van der Waals surface area contributed by atoms with Crippen LogP contribution in [0.2, 0.25) is 0 Å². The van der Waals surface area contributed by atoms with Gasteiger partial charge >= 0.3 is 10.1 Å². The molecule has 0 saturated carbocycles. The molecule has 1 aromatic heterocycles. The van der Waals surface area contributed by atoms with Gasteiger partial charge in [0.25, 0.3) is 5.52 Å². The molecule has 3 aromatic rings. The number of aryl methyl sites for hydroxylation is 1. The molecule has 0 atom stereocenters. The number of hydrogen-bond donors (Lipinski definition) is 0. The molecule has 2 aromatic carbocycles. The summed E-state index contributed by atoms with van der Waals surface area (Å²) in [5.41, 5.74) is 1.68. The summed E-state index contributed by atoms with van der Waals surface area (Å²) in [6.07, 6.45) is 1.58. The fraction of sp³-hybridized carbons (Fsp3) is 0.0625. The number of para-hydroxylation sites is 1. The summed E-state index contributed by atoms with van der Waals surface area (Å²) in [6, 6.07) is 17.6. The summed E-state index contributed by atoms with van der Waals surface area (Å²) in [4.78, 5) is 0.133. The zero-order valence-electron chi connectivity index (χ0n) is 11.4. The maximum absolute atomic E-state index is 12.3. The topological polar surface area (TPSA) is 47.3 Å². The Kier molecular flexibility index (Phi) is 3.35. The smallest absolute Gasteiger partial charge is 0.176 e. The van der Waals surface area contributed by atoms with Crippen molar-refractivity contribution in [1.82, 2.24) is 0 Å². The van der Waals surface area contributed by atoms with Gasteiger partial charge in [0, 0.05) is 16.9 Å². The van der Waals surface area contributed by atoms with E-state index in [1.807, 2.05) is 31.2 Å². The van der Waals surface area contributed by atoms with Crippen LogP contribution in [0.1, 0.15) is 5.56 Å². The van der Waals surface area contributed by atoms with Crippen LogP contribution < -0.4 is 9.01 Å². The fourth-order valence-electron chi connectivity index (χ4n) is 2.05. The molecular formula is C16H14NO3S+. The predicted octanol–water partition coefficient (Wildman–Crippen LogP) is 2.25. The number of benzene rings is 2. The second-order valence-electron chi connectivity index (χ2n) is 4.73. The Morgan fingerprint density at radius 1 is 0.905 bits per heavy atom. The van der Waals surface area contributed by atoms with Crippen molar-refractivity contribution >= 4 is 21.0 Å². The van der Waals surface area contributed by atoms with Crippen molar-refractivity contribution in [1.29, 1.82) is 0 Å². The SMILES string of the molecule is Cc1ccc(S(=O)(=O)O[n+]2cccc3ccccc32)cc1. The van der Waals surface area contributed by atoms with Crippen molar-refractivity contribution in [2.45, 2.75) is 11.8 Å². The Bertz CT molecular complexity index is 882. The van der Waals surface area contributed by atoms with Gasteiger partial charge in [-0.15, -0.1) is 4.28 Å². The average molecular weight is 300 g/mol. The molecule has 3 rings (SSSR count). The Balaban J connectivity index is 2.03. The van der Waals surface area contributed by atoms with Crippen LogP contribution in [0.3, 0.4) is 0 Å². The first-order valence-corrected chi connectivity index (χ1v) is 7.88. The van der Waals surface area contributed by atoms with Gasteiger partial charge in [0.15, 0.2) is 0 Å². The molecule has 0 bridgehead atoms. The van der Waals surface area contributed by atoms with Gasteiger partial charge in [-0.25, -0.2) is 0 Å². The minimum atomic E-state index is -3.86. The van der Waals surface area contributed by atoms with Crippen LogP contribution in [0, 0.1) is 6.92 Å². The highest BCUT2D eigenvalue weighted by Crippen LogP contribution is 2.12. The molecule has 0 amide bonds. The molecule has 5 heteroatoms. The van der Waals surface area contributed by atoms with Gasteiger partial charge in [-0.2, -0.15) is 8.42 Å².